The van der Waals surface area contributed by atoms with Crippen molar-refractivity contribution in [3.8, 4) is 73.2 Å². The standard InChI is InChI=1S/C76H82N2O10/c1-6-7-8-9-10-15-46-87-62-33-24-54(25-34-62)73-77-78-74(88-73)68-47-55(56-27-36-66-64-16-11-13-18-69(64)75(71(66)48-56,42-38-58(83)29-20-50(2)79)43-39-59(84)30-21-51(3)80)26-35-63(68)57-28-37-67-65-17-12-14-19-70(65)76(72(67)49-57,44-40-60(85)31-22-52(4)81)45-41-61(86)32-23-53(5)82/h11-14,16-19,24-28,33-37,47-49H,6-10,15,20-23,29-32,38-46H2,1-5H3. The molecule has 7 aromatic rings. The van der Waals surface area contributed by atoms with Gasteiger partial charge in [0.05, 0.1) is 6.61 Å². The third kappa shape index (κ3) is 15.3. The molecule has 9 rings (SSSR count). The van der Waals surface area contributed by atoms with Gasteiger partial charge in [0, 0.05) is 99.0 Å². The van der Waals surface area contributed by atoms with Gasteiger partial charge >= 0.3 is 0 Å². The molecule has 0 saturated carbocycles. The lowest BCUT2D eigenvalue weighted by molar-refractivity contribution is -0.123. The maximum absolute atomic E-state index is 13.7. The molecule has 0 bridgehead atoms. The van der Waals surface area contributed by atoms with Crippen LogP contribution in [0.3, 0.4) is 0 Å². The monoisotopic (exact) mass is 1180 g/mol. The van der Waals surface area contributed by atoms with Crippen LogP contribution in [-0.2, 0) is 49.2 Å². The number of nitrogens with zero attached hydrogens (tertiary/aromatic N) is 2. The van der Waals surface area contributed by atoms with E-state index < -0.39 is 10.8 Å². The molecule has 0 saturated heterocycles. The van der Waals surface area contributed by atoms with E-state index in [1.807, 2.05) is 48.5 Å². The highest BCUT2D eigenvalue weighted by molar-refractivity contribution is 5.93. The Labute approximate surface area is 517 Å². The van der Waals surface area contributed by atoms with Crippen molar-refractivity contribution in [1.82, 2.24) is 10.2 Å². The summed E-state index contributed by atoms with van der Waals surface area (Å²) in [6, 6.07) is 42.9. The van der Waals surface area contributed by atoms with Crippen molar-refractivity contribution in [2.45, 2.75) is 187 Å². The van der Waals surface area contributed by atoms with Crippen LogP contribution in [0.2, 0.25) is 0 Å². The van der Waals surface area contributed by atoms with Gasteiger partial charge in [-0.15, -0.1) is 10.2 Å². The van der Waals surface area contributed by atoms with E-state index in [9.17, 15) is 38.4 Å². The zero-order valence-corrected chi connectivity index (χ0v) is 51.9. The van der Waals surface area contributed by atoms with Crippen molar-refractivity contribution in [2.24, 2.45) is 0 Å². The molecular formula is C76H82N2O10. The molecule has 0 spiro atoms. The van der Waals surface area contributed by atoms with Gasteiger partial charge in [-0.1, -0.05) is 124 Å². The van der Waals surface area contributed by atoms with Gasteiger partial charge in [-0.3, -0.25) is 19.2 Å². The normalized spacial score (nSPS) is 13.1. The predicted octanol–water partition coefficient (Wildman–Crippen LogP) is 16.9. The lowest BCUT2D eigenvalue weighted by atomic mass is 9.70. The van der Waals surface area contributed by atoms with Crippen molar-refractivity contribution in [2.75, 3.05) is 6.61 Å². The number of benzene rings is 6. The van der Waals surface area contributed by atoms with Crippen LogP contribution >= 0.6 is 0 Å². The molecule has 12 nitrogen and oxygen atoms in total. The summed E-state index contributed by atoms with van der Waals surface area (Å²) in [5, 5.41) is 9.38. The van der Waals surface area contributed by atoms with E-state index in [1.54, 1.807) is 0 Å². The molecule has 88 heavy (non-hydrogen) atoms. The summed E-state index contributed by atoms with van der Waals surface area (Å²) in [4.78, 5) is 103. The molecule has 0 fully saturated rings. The summed E-state index contributed by atoms with van der Waals surface area (Å²) >= 11 is 0. The quantitative estimate of drug-likeness (QED) is 0.0339. The number of rotatable bonds is 36. The van der Waals surface area contributed by atoms with E-state index in [2.05, 4.69) is 90.9 Å². The molecule has 0 N–H and O–H groups in total. The van der Waals surface area contributed by atoms with Crippen LogP contribution in [0, 0.1) is 0 Å². The van der Waals surface area contributed by atoms with Crippen LogP contribution in [0.25, 0.3) is 67.4 Å². The lowest BCUT2D eigenvalue weighted by Gasteiger charge is -2.33. The number of hydrogen-bond acceptors (Lipinski definition) is 12. The highest BCUT2D eigenvalue weighted by Gasteiger charge is 2.45. The topological polar surface area (TPSA) is 185 Å². The zero-order valence-electron chi connectivity index (χ0n) is 51.9. The molecule has 0 radical (unpaired) electrons. The van der Waals surface area contributed by atoms with Gasteiger partial charge < -0.3 is 28.3 Å². The molecule has 0 amide bonds. The largest absolute Gasteiger partial charge is 0.494 e. The Balaban J connectivity index is 1.15. The van der Waals surface area contributed by atoms with Crippen LogP contribution in [0.15, 0.2) is 132 Å². The Morgan fingerprint density at radius 1 is 0.364 bits per heavy atom. The smallest absolute Gasteiger partial charge is 0.248 e. The third-order valence-corrected chi connectivity index (χ3v) is 18.1. The molecule has 2 aliphatic carbocycles. The van der Waals surface area contributed by atoms with Gasteiger partial charge in [0.2, 0.25) is 11.8 Å². The van der Waals surface area contributed by atoms with Gasteiger partial charge in [0.1, 0.15) is 52.0 Å². The summed E-state index contributed by atoms with van der Waals surface area (Å²) in [6.45, 7) is 8.81. The molecule has 456 valence electrons. The first-order chi connectivity index (χ1) is 42.5. The Hall–Kier alpha value is -8.38. The van der Waals surface area contributed by atoms with E-state index in [0.29, 0.717) is 49.3 Å². The minimum Gasteiger partial charge on any atom is -0.494 e. The van der Waals surface area contributed by atoms with Crippen molar-refractivity contribution < 1.29 is 47.5 Å². The van der Waals surface area contributed by atoms with E-state index in [-0.39, 0.29) is 129 Å². The second kappa shape index (κ2) is 29.5. The highest BCUT2D eigenvalue weighted by Crippen LogP contribution is 2.57. The fraction of sp³-hybridized carbons (Fsp3) is 0.395. The first kappa shape index (κ1) is 64.1. The van der Waals surface area contributed by atoms with E-state index in [4.69, 9.17) is 14.3 Å². The maximum atomic E-state index is 13.7. The van der Waals surface area contributed by atoms with E-state index in [1.165, 1.54) is 53.4 Å². The average molecular weight is 1180 g/mol. The highest BCUT2D eigenvalue weighted by atomic mass is 16.5. The molecule has 12 heteroatoms. The number of ketones is 8. The Bertz CT molecular complexity index is 3670. The van der Waals surface area contributed by atoms with E-state index >= 15 is 0 Å². The lowest BCUT2D eigenvalue weighted by Crippen LogP contribution is -2.28. The number of Topliss-reactive ketones (excluding diaryl/α,β-unsaturated/α-hetero) is 8. The first-order valence-corrected chi connectivity index (χ1v) is 31.7. The minimum atomic E-state index is -0.771. The predicted molar refractivity (Wildman–Crippen MR) is 344 cm³/mol. The molecule has 0 atom stereocenters. The summed E-state index contributed by atoms with van der Waals surface area (Å²) in [7, 11) is 0. The van der Waals surface area contributed by atoms with Gasteiger partial charge in [0.15, 0.2) is 0 Å². The maximum Gasteiger partial charge on any atom is 0.248 e. The van der Waals surface area contributed by atoms with Gasteiger partial charge in [0.25, 0.3) is 0 Å². The summed E-state index contributed by atoms with van der Waals surface area (Å²) in [5.41, 5.74) is 11.2. The molecule has 1 aromatic heterocycles. The number of hydrogen-bond donors (Lipinski definition) is 0. The number of unbranched alkanes of at least 4 members (excludes halogenated alkanes) is 5. The molecule has 0 aliphatic heterocycles. The Morgan fingerprint density at radius 3 is 1.23 bits per heavy atom. The molecule has 0 unspecified atom stereocenters. The second-order valence-corrected chi connectivity index (χ2v) is 24.6. The first-order valence-electron chi connectivity index (χ1n) is 31.7. The van der Waals surface area contributed by atoms with Crippen molar-refractivity contribution >= 4 is 46.3 Å². The molecular weight excluding hydrogens is 1100 g/mol. The van der Waals surface area contributed by atoms with Crippen LogP contribution in [0.5, 0.6) is 5.75 Å². The number of ether oxygens (including phenoxy) is 1. The minimum absolute atomic E-state index is 0.0181. The van der Waals surface area contributed by atoms with Gasteiger partial charge in [-0.05, 0) is 169 Å². The fourth-order valence-corrected chi connectivity index (χ4v) is 13.1. The molecule has 1 heterocycles. The van der Waals surface area contributed by atoms with Crippen LogP contribution < -0.4 is 4.74 Å². The van der Waals surface area contributed by atoms with Crippen molar-refractivity contribution in [3.63, 3.8) is 0 Å². The van der Waals surface area contributed by atoms with Crippen LogP contribution in [0.4, 0.5) is 0 Å². The van der Waals surface area contributed by atoms with E-state index in [0.717, 1.165) is 85.4 Å². The Kier molecular flexibility index (Phi) is 21.5. The van der Waals surface area contributed by atoms with Crippen molar-refractivity contribution in [1.29, 1.82) is 0 Å². The van der Waals surface area contributed by atoms with Crippen molar-refractivity contribution in [3.05, 3.63) is 150 Å². The van der Waals surface area contributed by atoms with Gasteiger partial charge in [-0.25, -0.2) is 0 Å². The Morgan fingerprint density at radius 2 is 0.750 bits per heavy atom. The summed E-state index contributed by atoms with van der Waals surface area (Å²) in [6.07, 6.45) is 10.7. The number of fused-ring (bicyclic) bond motifs is 6. The zero-order chi connectivity index (χ0) is 62.4. The van der Waals surface area contributed by atoms with Gasteiger partial charge in [-0.2, -0.15) is 0 Å². The van der Waals surface area contributed by atoms with Crippen LogP contribution in [-0.4, -0.2) is 63.1 Å². The second-order valence-electron chi connectivity index (χ2n) is 24.6. The SMILES string of the molecule is CCCCCCCCOc1ccc(-c2nnc(-c3cc(-c4ccc5c(c4)C(CCC(=O)CCC(C)=O)(CCC(=O)CCC(C)=O)c4ccccc4-5)ccc3-c3ccc4c(c3)C(CCC(=O)CCC(C)=O)(CCC(=O)CCC(C)=O)c3ccccc3-4)o2)cc1. The molecule has 2 aliphatic rings. The van der Waals surface area contributed by atoms with Crippen LogP contribution in [0.1, 0.15) is 198 Å². The molecule has 6 aromatic carbocycles. The summed E-state index contributed by atoms with van der Waals surface area (Å²) < 4.78 is 12.8. The fourth-order valence-electron chi connectivity index (χ4n) is 13.1. The average Bonchev–Trinajstić information content (AvgIpc) is 2.47. The number of carbonyl (C=O) groups excluding carboxylic acids is 8. The third-order valence-electron chi connectivity index (χ3n) is 18.1. The number of carbonyl (C=O) groups is 8. The number of aromatic nitrogens is 2. The summed E-state index contributed by atoms with van der Waals surface area (Å²) in [5.74, 6) is 1.06.